The molecule has 2 saturated heterocycles. The topological polar surface area (TPSA) is 200 Å². The Morgan fingerprint density at radius 1 is 0.712 bits per heavy atom. The molecule has 6 heterocycles. The highest BCUT2D eigenvalue weighted by atomic mass is 16.8. The van der Waals surface area contributed by atoms with Crippen LogP contribution in [0.15, 0.2) is 85.2 Å². The van der Waals surface area contributed by atoms with Gasteiger partial charge in [-0.05, 0) is 90.1 Å². The van der Waals surface area contributed by atoms with Crippen molar-refractivity contribution in [1.29, 1.82) is 0 Å². The molecule has 6 aromatic rings. The lowest BCUT2D eigenvalue weighted by molar-refractivity contribution is -0.142. The number of benzene rings is 2. The van der Waals surface area contributed by atoms with Gasteiger partial charge in [0.1, 0.15) is 30.3 Å². The Morgan fingerprint density at radius 2 is 1.20 bits per heavy atom. The summed E-state index contributed by atoms with van der Waals surface area (Å²) >= 11 is 0. The lowest BCUT2D eigenvalue weighted by atomic mass is 10.1. The van der Waals surface area contributed by atoms with E-state index < -0.39 is 23.5 Å². The van der Waals surface area contributed by atoms with Gasteiger partial charge in [-0.1, -0.05) is 24.3 Å². The fourth-order valence-corrected chi connectivity index (χ4v) is 6.10. The standard InChI is InChI=1S/C21H23N3O5.C15H13N3O3.C6H12O3/c1-4-26-20(25)17-11-22-19-10-9-16(23-24(17)19)15-7-5-6-8-18(15)27-12-14-13-28-21(2,3)29-14;1-2-21-15(20)12-9-16-14-8-7-11(17-18(12)14)10-5-3-4-6-13(10)19;1-6(2)8-4-5(3-7)9-6/h5-11,14H,4,12-13H2,1-3H3;3-9,19H,2H2,1H3;5,7H,3-4H2,1-2H3. The van der Waals surface area contributed by atoms with Gasteiger partial charge >= 0.3 is 11.9 Å². The molecule has 2 N–H and O–H groups in total. The van der Waals surface area contributed by atoms with Gasteiger partial charge in [0.2, 0.25) is 0 Å². The summed E-state index contributed by atoms with van der Waals surface area (Å²) < 4.78 is 40.8. The van der Waals surface area contributed by atoms with E-state index in [9.17, 15) is 14.7 Å². The lowest BCUT2D eigenvalue weighted by Crippen LogP contribution is -2.25. The van der Waals surface area contributed by atoms with Crippen molar-refractivity contribution in [3.05, 3.63) is 96.6 Å². The second-order valence-corrected chi connectivity index (χ2v) is 14.1. The zero-order valence-corrected chi connectivity index (χ0v) is 33.7. The number of phenols is 1. The first kappa shape index (κ1) is 42.6. The number of fused-ring (bicyclic) bond motifs is 2. The first-order chi connectivity index (χ1) is 28.3. The number of aliphatic hydroxyl groups excluding tert-OH is 1. The number of rotatable bonds is 10. The number of nitrogens with zero attached hydrogens (tertiary/aromatic N) is 6. The average molecular weight is 813 g/mol. The summed E-state index contributed by atoms with van der Waals surface area (Å²) in [6.07, 6.45) is 2.62. The van der Waals surface area contributed by atoms with Crippen molar-refractivity contribution in [2.24, 2.45) is 0 Å². The molecule has 59 heavy (non-hydrogen) atoms. The van der Waals surface area contributed by atoms with Crippen LogP contribution in [0.1, 0.15) is 62.5 Å². The number of hydrogen-bond donors (Lipinski definition) is 2. The van der Waals surface area contributed by atoms with E-state index in [1.807, 2.05) is 58.0 Å². The molecule has 2 aromatic carbocycles. The summed E-state index contributed by atoms with van der Waals surface area (Å²) in [5.74, 6) is -1.23. The maximum absolute atomic E-state index is 12.2. The van der Waals surface area contributed by atoms with Crippen molar-refractivity contribution >= 4 is 23.2 Å². The zero-order valence-electron chi connectivity index (χ0n) is 33.7. The van der Waals surface area contributed by atoms with Crippen molar-refractivity contribution < 1.29 is 53.0 Å². The van der Waals surface area contributed by atoms with E-state index in [-0.39, 0.29) is 49.2 Å². The molecule has 17 nitrogen and oxygen atoms in total. The minimum atomic E-state index is -0.592. The van der Waals surface area contributed by atoms with E-state index in [2.05, 4.69) is 20.2 Å². The number of aliphatic hydroxyl groups is 1. The third kappa shape index (κ3) is 10.6. The fraction of sp³-hybridized carbons (Fsp3) is 0.381. The van der Waals surface area contributed by atoms with Crippen molar-refractivity contribution in [1.82, 2.24) is 29.2 Å². The third-order valence-corrected chi connectivity index (χ3v) is 8.80. The van der Waals surface area contributed by atoms with Crippen LogP contribution in [0.4, 0.5) is 0 Å². The predicted molar refractivity (Wildman–Crippen MR) is 213 cm³/mol. The first-order valence-corrected chi connectivity index (χ1v) is 19.1. The molecule has 2 aliphatic heterocycles. The average Bonchev–Trinajstić information content (AvgIpc) is 4.02. The van der Waals surface area contributed by atoms with Crippen molar-refractivity contribution in [2.75, 3.05) is 39.6 Å². The molecule has 0 aliphatic carbocycles. The van der Waals surface area contributed by atoms with Gasteiger partial charge in [0.15, 0.2) is 34.3 Å². The minimum Gasteiger partial charge on any atom is -0.507 e. The maximum Gasteiger partial charge on any atom is 0.358 e. The third-order valence-electron chi connectivity index (χ3n) is 8.80. The van der Waals surface area contributed by atoms with Gasteiger partial charge in [0, 0.05) is 11.1 Å². The van der Waals surface area contributed by atoms with Crippen LogP contribution in [0.25, 0.3) is 33.8 Å². The Balaban J connectivity index is 0.000000169. The minimum absolute atomic E-state index is 0.0451. The number of imidazole rings is 2. The van der Waals surface area contributed by atoms with Gasteiger partial charge in [-0.3, -0.25) is 0 Å². The number of carbonyl (C=O) groups excluding carboxylic acids is 2. The van der Waals surface area contributed by atoms with Gasteiger partial charge in [0.05, 0.1) is 56.8 Å². The molecule has 0 radical (unpaired) electrons. The molecule has 2 atom stereocenters. The normalized spacial score (nSPS) is 17.7. The molecular weight excluding hydrogens is 764 g/mol. The molecular formula is C42H48N6O11. The molecule has 2 aliphatic rings. The molecule has 0 amide bonds. The van der Waals surface area contributed by atoms with Crippen LogP contribution >= 0.6 is 0 Å². The smallest absolute Gasteiger partial charge is 0.358 e. The number of hydrogen-bond acceptors (Lipinski definition) is 15. The Hall–Kier alpha value is -5.98. The summed E-state index contributed by atoms with van der Waals surface area (Å²) in [6.45, 7) is 12.9. The van der Waals surface area contributed by atoms with Crippen molar-refractivity contribution in [3.8, 4) is 34.0 Å². The summed E-state index contributed by atoms with van der Waals surface area (Å²) in [7, 11) is 0. The quantitative estimate of drug-likeness (QED) is 0.164. The summed E-state index contributed by atoms with van der Waals surface area (Å²) in [6, 6.07) is 21.6. The van der Waals surface area contributed by atoms with Crippen LogP contribution in [0, 0.1) is 0 Å². The van der Waals surface area contributed by atoms with Crippen molar-refractivity contribution in [3.63, 3.8) is 0 Å². The Kier molecular flexibility index (Phi) is 13.5. The van der Waals surface area contributed by atoms with Crippen LogP contribution in [-0.2, 0) is 28.4 Å². The maximum atomic E-state index is 12.2. The van der Waals surface area contributed by atoms with Gasteiger partial charge in [-0.15, -0.1) is 0 Å². The van der Waals surface area contributed by atoms with Gasteiger partial charge in [-0.2, -0.15) is 10.2 Å². The van der Waals surface area contributed by atoms with Crippen LogP contribution in [0.3, 0.4) is 0 Å². The predicted octanol–water partition coefficient (Wildman–Crippen LogP) is 5.51. The molecule has 17 heteroatoms. The lowest BCUT2D eigenvalue weighted by Gasteiger charge is -2.18. The number of aromatic nitrogens is 6. The number of para-hydroxylation sites is 2. The van der Waals surface area contributed by atoms with E-state index in [0.717, 1.165) is 5.56 Å². The molecule has 2 unspecified atom stereocenters. The first-order valence-electron chi connectivity index (χ1n) is 19.1. The van der Waals surface area contributed by atoms with Crippen LogP contribution in [0.2, 0.25) is 0 Å². The summed E-state index contributed by atoms with van der Waals surface area (Å²) in [5, 5.41) is 27.4. The van der Waals surface area contributed by atoms with E-state index in [0.29, 0.717) is 53.8 Å². The van der Waals surface area contributed by atoms with E-state index in [1.165, 1.54) is 21.4 Å². The molecule has 0 spiro atoms. The van der Waals surface area contributed by atoms with Crippen LogP contribution in [-0.4, -0.2) is 115 Å². The highest BCUT2D eigenvalue weighted by Crippen LogP contribution is 2.31. The SMILES string of the molecule is CC1(C)OCC(CO)O1.CCOC(=O)c1cnc2ccc(-c3ccccc3O)nn12.CCOC(=O)c1cnc2ccc(-c3ccccc3OCC3COC(C)(C)O3)nn12. The Labute approximate surface area is 340 Å². The summed E-state index contributed by atoms with van der Waals surface area (Å²) in [4.78, 5) is 32.4. The van der Waals surface area contributed by atoms with Gasteiger partial charge in [-0.25, -0.2) is 28.6 Å². The second-order valence-electron chi connectivity index (χ2n) is 14.1. The number of esters is 2. The molecule has 0 bridgehead atoms. The molecule has 312 valence electrons. The van der Waals surface area contributed by atoms with Gasteiger partial charge in [0.25, 0.3) is 0 Å². The Morgan fingerprint density at radius 3 is 1.68 bits per heavy atom. The molecule has 2 fully saturated rings. The monoisotopic (exact) mass is 812 g/mol. The second kappa shape index (κ2) is 18.7. The Bertz CT molecular complexity index is 2380. The van der Waals surface area contributed by atoms with E-state index >= 15 is 0 Å². The fourth-order valence-electron chi connectivity index (χ4n) is 6.10. The highest BCUT2D eigenvalue weighted by molar-refractivity contribution is 5.89. The number of phenolic OH excluding ortho intramolecular Hbond substituents is 1. The van der Waals surface area contributed by atoms with E-state index in [4.69, 9.17) is 38.3 Å². The number of aromatic hydroxyl groups is 1. The molecule has 8 rings (SSSR count). The zero-order chi connectivity index (χ0) is 42.2. The van der Waals surface area contributed by atoms with Gasteiger partial charge < -0.3 is 43.4 Å². The molecule has 4 aromatic heterocycles. The number of ether oxygens (including phenoxy) is 7. The van der Waals surface area contributed by atoms with Crippen LogP contribution in [0.5, 0.6) is 11.5 Å². The van der Waals surface area contributed by atoms with Crippen LogP contribution < -0.4 is 4.74 Å². The summed E-state index contributed by atoms with van der Waals surface area (Å²) in [5.41, 5.74) is 4.22. The van der Waals surface area contributed by atoms with E-state index in [1.54, 1.807) is 56.3 Å². The van der Waals surface area contributed by atoms with Crippen molar-refractivity contribution in [2.45, 2.75) is 65.3 Å². The largest absolute Gasteiger partial charge is 0.507 e. The highest BCUT2D eigenvalue weighted by Gasteiger charge is 2.33. The molecule has 0 saturated carbocycles. The number of carbonyl (C=O) groups is 2.